The maximum Gasteiger partial charge on any atom is -0.00514 e. The van der Waals surface area contributed by atoms with Crippen molar-refractivity contribution in [1.82, 2.24) is 0 Å². The molecule has 0 aliphatic rings. The molecule has 1 heteroatoms. The summed E-state index contributed by atoms with van der Waals surface area (Å²) in [7, 11) is 0. The first-order chi connectivity index (χ1) is 6.65. The summed E-state index contributed by atoms with van der Waals surface area (Å²) < 4.78 is 0. The molecule has 1 aromatic rings. The first-order valence-corrected chi connectivity index (χ1v) is 5.40. The molecule has 1 aromatic carbocycles. The maximum absolute atomic E-state index is 5.61. The lowest BCUT2D eigenvalue weighted by Gasteiger charge is -2.12. The Bertz CT molecular complexity index is 271. The number of nitrogens with two attached hydrogens (primary N) is 1. The molecule has 2 N–H and O–H groups in total. The van der Waals surface area contributed by atoms with Gasteiger partial charge < -0.3 is 5.73 Å². The van der Waals surface area contributed by atoms with Gasteiger partial charge in [0.2, 0.25) is 0 Å². The molecule has 0 heterocycles. The Hall–Kier alpha value is -0.820. The molecule has 0 fully saturated rings. The molecule has 0 aromatic heterocycles. The van der Waals surface area contributed by atoms with Crippen molar-refractivity contribution in [2.45, 2.75) is 33.6 Å². The zero-order valence-electron chi connectivity index (χ0n) is 9.51. The summed E-state index contributed by atoms with van der Waals surface area (Å²) in [6.45, 7) is 7.39. The molecule has 0 aliphatic carbocycles. The first-order valence-electron chi connectivity index (χ1n) is 5.40. The molecular weight excluding hydrogens is 170 g/mol. The normalized spacial score (nSPS) is 12.9. The van der Waals surface area contributed by atoms with E-state index >= 15 is 0 Å². The van der Waals surface area contributed by atoms with Gasteiger partial charge in [-0.2, -0.15) is 0 Å². The monoisotopic (exact) mass is 191 g/mol. The van der Waals surface area contributed by atoms with Gasteiger partial charge in [-0.15, -0.1) is 0 Å². The number of aryl methyl sites for hydroxylation is 2. The highest BCUT2D eigenvalue weighted by Crippen LogP contribution is 2.17. The quantitative estimate of drug-likeness (QED) is 0.778. The molecule has 0 amide bonds. The van der Waals surface area contributed by atoms with Gasteiger partial charge in [0.25, 0.3) is 0 Å². The minimum atomic E-state index is 0.633. The van der Waals surface area contributed by atoms with Crippen LogP contribution in [0.1, 0.15) is 30.0 Å². The summed E-state index contributed by atoms with van der Waals surface area (Å²) >= 11 is 0. The van der Waals surface area contributed by atoms with Crippen LogP contribution in [0.4, 0.5) is 0 Å². The van der Waals surface area contributed by atoms with Gasteiger partial charge in [0, 0.05) is 0 Å². The van der Waals surface area contributed by atoms with Gasteiger partial charge in [-0.3, -0.25) is 0 Å². The lowest BCUT2D eigenvalue weighted by atomic mass is 9.95. The Labute approximate surface area is 87.3 Å². The molecule has 14 heavy (non-hydrogen) atoms. The van der Waals surface area contributed by atoms with Crippen LogP contribution >= 0.6 is 0 Å². The molecule has 1 atom stereocenters. The number of hydrogen-bond donors (Lipinski definition) is 1. The van der Waals surface area contributed by atoms with E-state index in [-0.39, 0.29) is 0 Å². The van der Waals surface area contributed by atoms with Gasteiger partial charge >= 0.3 is 0 Å². The van der Waals surface area contributed by atoms with E-state index in [2.05, 4.69) is 39.0 Å². The van der Waals surface area contributed by atoms with Gasteiger partial charge in [-0.25, -0.2) is 0 Å². The Morgan fingerprint density at radius 1 is 1.21 bits per heavy atom. The lowest BCUT2D eigenvalue weighted by molar-refractivity contribution is 0.543. The van der Waals surface area contributed by atoms with Crippen LogP contribution in [0.5, 0.6) is 0 Å². The lowest BCUT2D eigenvalue weighted by Crippen LogP contribution is -2.11. The van der Waals surface area contributed by atoms with Crippen molar-refractivity contribution in [3.8, 4) is 0 Å². The van der Waals surface area contributed by atoms with Gasteiger partial charge in [-0.05, 0) is 55.8 Å². The number of benzene rings is 1. The highest BCUT2D eigenvalue weighted by Gasteiger charge is 2.04. The van der Waals surface area contributed by atoms with E-state index in [9.17, 15) is 0 Å². The first kappa shape index (κ1) is 11.3. The Kier molecular flexibility index (Phi) is 4.15. The van der Waals surface area contributed by atoms with E-state index in [4.69, 9.17) is 5.73 Å². The molecule has 0 spiro atoms. The van der Waals surface area contributed by atoms with Crippen molar-refractivity contribution in [3.05, 3.63) is 34.9 Å². The minimum absolute atomic E-state index is 0.633. The van der Waals surface area contributed by atoms with Crippen LogP contribution in [0.2, 0.25) is 0 Å². The second-order valence-corrected chi connectivity index (χ2v) is 4.25. The van der Waals surface area contributed by atoms with E-state index in [1.807, 2.05) is 0 Å². The smallest absolute Gasteiger partial charge is 0.00514 e. The van der Waals surface area contributed by atoms with E-state index in [1.165, 1.54) is 23.1 Å². The van der Waals surface area contributed by atoms with Crippen LogP contribution in [-0.2, 0) is 6.42 Å². The van der Waals surface area contributed by atoms with Crippen LogP contribution < -0.4 is 5.73 Å². The minimum Gasteiger partial charge on any atom is -0.330 e. The summed E-state index contributed by atoms with van der Waals surface area (Å²) in [5.74, 6) is 0.633. The zero-order valence-corrected chi connectivity index (χ0v) is 9.51. The summed E-state index contributed by atoms with van der Waals surface area (Å²) in [4.78, 5) is 0. The Morgan fingerprint density at radius 3 is 2.29 bits per heavy atom. The molecule has 0 aliphatic heterocycles. The topological polar surface area (TPSA) is 26.0 Å². The molecule has 0 radical (unpaired) electrons. The number of rotatable bonds is 4. The standard InChI is InChI=1S/C13H21N/c1-10(9-14)7-8-13-11(2)5-4-6-12(13)3/h4-6,10H,7-9,14H2,1-3H3. The average Bonchev–Trinajstić information content (AvgIpc) is 2.16. The second kappa shape index (κ2) is 5.16. The molecule has 1 rings (SSSR count). The van der Waals surface area contributed by atoms with Crippen LogP contribution in [0.3, 0.4) is 0 Å². The Morgan fingerprint density at radius 2 is 1.79 bits per heavy atom. The molecule has 0 saturated carbocycles. The van der Waals surface area contributed by atoms with Crippen molar-refractivity contribution in [2.75, 3.05) is 6.54 Å². The largest absolute Gasteiger partial charge is 0.330 e. The third kappa shape index (κ3) is 2.85. The molecule has 0 saturated heterocycles. The maximum atomic E-state index is 5.61. The van der Waals surface area contributed by atoms with Crippen molar-refractivity contribution in [2.24, 2.45) is 11.7 Å². The van der Waals surface area contributed by atoms with Crippen molar-refractivity contribution < 1.29 is 0 Å². The third-order valence-electron chi connectivity index (χ3n) is 2.93. The average molecular weight is 191 g/mol. The Balaban J connectivity index is 2.66. The van der Waals surface area contributed by atoms with Crippen LogP contribution in [0.25, 0.3) is 0 Å². The fourth-order valence-electron chi connectivity index (χ4n) is 1.75. The molecule has 1 nitrogen and oxygen atoms in total. The van der Waals surface area contributed by atoms with Crippen molar-refractivity contribution >= 4 is 0 Å². The highest BCUT2D eigenvalue weighted by molar-refractivity contribution is 5.33. The van der Waals surface area contributed by atoms with E-state index in [0.29, 0.717) is 5.92 Å². The fraction of sp³-hybridized carbons (Fsp3) is 0.538. The van der Waals surface area contributed by atoms with Crippen LogP contribution in [0, 0.1) is 19.8 Å². The zero-order chi connectivity index (χ0) is 10.6. The third-order valence-corrected chi connectivity index (χ3v) is 2.93. The van der Waals surface area contributed by atoms with E-state index in [1.54, 1.807) is 0 Å². The van der Waals surface area contributed by atoms with E-state index < -0.39 is 0 Å². The fourth-order valence-corrected chi connectivity index (χ4v) is 1.75. The van der Waals surface area contributed by atoms with Gasteiger partial charge in [0.05, 0.1) is 0 Å². The van der Waals surface area contributed by atoms with Gasteiger partial charge in [-0.1, -0.05) is 25.1 Å². The van der Waals surface area contributed by atoms with Gasteiger partial charge in [0.15, 0.2) is 0 Å². The molecule has 0 bridgehead atoms. The van der Waals surface area contributed by atoms with Crippen molar-refractivity contribution in [1.29, 1.82) is 0 Å². The van der Waals surface area contributed by atoms with E-state index in [0.717, 1.165) is 13.0 Å². The highest BCUT2D eigenvalue weighted by atomic mass is 14.5. The summed E-state index contributed by atoms with van der Waals surface area (Å²) in [5, 5.41) is 0. The summed E-state index contributed by atoms with van der Waals surface area (Å²) in [5.41, 5.74) is 9.94. The number of hydrogen-bond acceptors (Lipinski definition) is 1. The van der Waals surface area contributed by atoms with Crippen molar-refractivity contribution in [3.63, 3.8) is 0 Å². The van der Waals surface area contributed by atoms with Crippen LogP contribution in [0.15, 0.2) is 18.2 Å². The predicted molar refractivity (Wildman–Crippen MR) is 62.5 cm³/mol. The molecule has 78 valence electrons. The molecule has 1 unspecified atom stereocenters. The van der Waals surface area contributed by atoms with Crippen LogP contribution in [-0.4, -0.2) is 6.54 Å². The van der Waals surface area contributed by atoms with Gasteiger partial charge in [0.1, 0.15) is 0 Å². The SMILES string of the molecule is Cc1cccc(C)c1CCC(C)CN. The predicted octanol–water partition coefficient (Wildman–Crippen LogP) is 2.83. The summed E-state index contributed by atoms with van der Waals surface area (Å²) in [6, 6.07) is 6.51. The molecular formula is C13H21N. The second-order valence-electron chi connectivity index (χ2n) is 4.25. The summed E-state index contributed by atoms with van der Waals surface area (Å²) in [6.07, 6.45) is 2.36.